The largest absolute Gasteiger partial charge is 0.375 e. The van der Waals surface area contributed by atoms with Crippen molar-refractivity contribution in [3.8, 4) is 0 Å². The fourth-order valence-electron chi connectivity index (χ4n) is 3.44. The van der Waals surface area contributed by atoms with E-state index in [4.69, 9.17) is 4.74 Å². The van der Waals surface area contributed by atoms with Crippen molar-refractivity contribution < 1.29 is 19.1 Å². The molecule has 1 saturated heterocycles. The van der Waals surface area contributed by atoms with Crippen molar-refractivity contribution in [1.82, 2.24) is 4.90 Å². The number of nitrogens with zero attached hydrogens (tertiary/aromatic N) is 1. The van der Waals surface area contributed by atoms with Gasteiger partial charge in [-0.25, -0.2) is 0 Å². The molecule has 2 aromatic carbocycles. The lowest BCUT2D eigenvalue weighted by molar-refractivity contribution is -0.136. The number of carbonyl (C=O) groups is 3. The van der Waals surface area contributed by atoms with Gasteiger partial charge in [-0.05, 0) is 36.6 Å². The smallest absolute Gasteiger partial charge is 0.250 e. The molecular weight excluding hydrogens is 370 g/mol. The summed E-state index contributed by atoms with van der Waals surface area (Å²) < 4.78 is 4.80. The molecule has 29 heavy (non-hydrogen) atoms. The first-order valence-corrected chi connectivity index (χ1v) is 9.60. The van der Waals surface area contributed by atoms with E-state index in [0.29, 0.717) is 24.3 Å². The van der Waals surface area contributed by atoms with Crippen LogP contribution in [0.25, 0.3) is 0 Å². The fraction of sp³-hybridized carbons (Fsp3) is 0.318. The average Bonchev–Trinajstić information content (AvgIpc) is 3.19. The summed E-state index contributed by atoms with van der Waals surface area (Å²) in [5.74, 6) is -0.539. The second-order valence-corrected chi connectivity index (χ2v) is 6.96. The lowest BCUT2D eigenvalue weighted by Crippen LogP contribution is -2.43. The molecule has 1 fully saturated rings. The van der Waals surface area contributed by atoms with Gasteiger partial charge in [-0.15, -0.1) is 0 Å². The van der Waals surface area contributed by atoms with Crippen LogP contribution < -0.4 is 10.6 Å². The molecule has 1 atom stereocenters. The highest BCUT2D eigenvalue weighted by Crippen LogP contribution is 2.22. The van der Waals surface area contributed by atoms with Crippen molar-refractivity contribution in [3.05, 3.63) is 60.2 Å². The standard InChI is InChI=1S/C22H25N3O4/c1-29-15-20(26)23-17-9-5-10-18(14-17)24-22(28)19-11-6-12-25(19)21(27)13-16-7-3-2-4-8-16/h2-5,7-10,14,19H,6,11-13,15H2,1H3,(H,23,26)(H,24,28). The van der Waals surface area contributed by atoms with Crippen LogP contribution in [0, 0.1) is 0 Å². The molecule has 0 aromatic heterocycles. The van der Waals surface area contributed by atoms with Crippen molar-refractivity contribution in [2.75, 3.05) is 30.9 Å². The van der Waals surface area contributed by atoms with E-state index in [9.17, 15) is 14.4 Å². The molecule has 1 heterocycles. The quantitative estimate of drug-likeness (QED) is 0.754. The Bertz CT molecular complexity index is 869. The summed E-state index contributed by atoms with van der Waals surface area (Å²) in [7, 11) is 1.45. The molecule has 0 bridgehead atoms. The lowest BCUT2D eigenvalue weighted by atomic mass is 10.1. The van der Waals surface area contributed by atoms with Crippen LogP contribution in [0.2, 0.25) is 0 Å². The Kier molecular flexibility index (Phi) is 6.97. The van der Waals surface area contributed by atoms with Crippen molar-refractivity contribution in [2.45, 2.75) is 25.3 Å². The molecule has 0 spiro atoms. The molecule has 1 unspecified atom stereocenters. The second kappa shape index (κ2) is 9.84. The first-order valence-electron chi connectivity index (χ1n) is 9.60. The number of likely N-dealkylation sites (tertiary alicyclic amines) is 1. The molecule has 152 valence electrons. The number of ether oxygens (including phenoxy) is 1. The highest BCUT2D eigenvalue weighted by atomic mass is 16.5. The minimum atomic E-state index is -0.488. The molecule has 0 radical (unpaired) electrons. The van der Waals surface area contributed by atoms with E-state index in [1.54, 1.807) is 29.2 Å². The van der Waals surface area contributed by atoms with E-state index in [-0.39, 0.29) is 30.7 Å². The highest BCUT2D eigenvalue weighted by Gasteiger charge is 2.33. The fourth-order valence-corrected chi connectivity index (χ4v) is 3.44. The Balaban J connectivity index is 1.62. The molecule has 3 amide bonds. The van der Waals surface area contributed by atoms with Gasteiger partial charge in [0.15, 0.2) is 0 Å². The van der Waals surface area contributed by atoms with Gasteiger partial charge >= 0.3 is 0 Å². The van der Waals surface area contributed by atoms with Gasteiger partial charge in [0, 0.05) is 25.0 Å². The Morgan fingerprint density at radius 3 is 2.48 bits per heavy atom. The van der Waals surface area contributed by atoms with Crippen LogP contribution in [-0.2, 0) is 25.5 Å². The Labute approximate surface area is 170 Å². The van der Waals surface area contributed by atoms with Gasteiger partial charge in [0.1, 0.15) is 12.6 Å². The number of hydrogen-bond acceptors (Lipinski definition) is 4. The van der Waals surface area contributed by atoms with Crippen LogP contribution in [0.1, 0.15) is 18.4 Å². The molecule has 0 aliphatic carbocycles. The van der Waals surface area contributed by atoms with Crippen LogP contribution in [0.15, 0.2) is 54.6 Å². The van der Waals surface area contributed by atoms with Crippen LogP contribution in [0.5, 0.6) is 0 Å². The number of carbonyl (C=O) groups excluding carboxylic acids is 3. The van der Waals surface area contributed by atoms with E-state index in [0.717, 1.165) is 12.0 Å². The zero-order valence-electron chi connectivity index (χ0n) is 16.4. The average molecular weight is 395 g/mol. The van der Waals surface area contributed by atoms with Crippen molar-refractivity contribution >= 4 is 29.1 Å². The normalized spacial score (nSPS) is 15.8. The monoisotopic (exact) mass is 395 g/mol. The second-order valence-electron chi connectivity index (χ2n) is 6.96. The minimum absolute atomic E-state index is 0.0445. The predicted molar refractivity (Wildman–Crippen MR) is 110 cm³/mol. The van der Waals surface area contributed by atoms with E-state index in [2.05, 4.69) is 10.6 Å². The van der Waals surface area contributed by atoms with Gasteiger partial charge < -0.3 is 20.3 Å². The maximum atomic E-state index is 12.8. The van der Waals surface area contributed by atoms with Crippen LogP contribution >= 0.6 is 0 Å². The van der Waals surface area contributed by atoms with Crippen molar-refractivity contribution in [1.29, 1.82) is 0 Å². The zero-order valence-corrected chi connectivity index (χ0v) is 16.4. The third-order valence-electron chi connectivity index (χ3n) is 4.76. The molecule has 1 aliphatic rings. The van der Waals surface area contributed by atoms with E-state index in [1.807, 2.05) is 30.3 Å². The molecule has 7 heteroatoms. The van der Waals surface area contributed by atoms with Gasteiger partial charge in [0.2, 0.25) is 17.7 Å². The van der Waals surface area contributed by atoms with Gasteiger partial charge in [-0.1, -0.05) is 36.4 Å². The SMILES string of the molecule is COCC(=O)Nc1cccc(NC(=O)C2CCCN2C(=O)Cc2ccccc2)c1. The van der Waals surface area contributed by atoms with Crippen molar-refractivity contribution in [3.63, 3.8) is 0 Å². The third kappa shape index (κ3) is 5.65. The van der Waals surface area contributed by atoms with E-state index in [1.165, 1.54) is 7.11 Å². The number of benzene rings is 2. The number of amides is 3. The first kappa shape index (κ1) is 20.5. The summed E-state index contributed by atoms with van der Waals surface area (Å²) in [4.78, 5) is 38.8. The van der Waals surface area contributed by atoms with Crippen LogP contribution in [0.3, 0.4) is 0 Å². The maximum Gasteiger partial charge on any atom is 0.250 e. The van der Waals surface area contributed by atoms with Crippen LogP contribution in [0.4, 0.5) is 11.4 Å². The number of anilines is 2. The summed E-state index contributed by atoms with van der Waals surface area (Å²) in [5.41, 5.74) is 2.06. The van der Waals surface area contributed by atoms with Gasteiger partial charge in [-0.3, -0.25) is 14.4 Å². The minimum Gasteiger partial charge on any atom is -0.375 e. The number of hydrogen-bond donors (Lipinski definition) is 2. The molecular formula is C22H25N3O4. The lowest BCUT2D eigenvalue weighted by Gasteiger charge is -2.24. The number of rotatable bonds is 7. The maximum absolute atomic E-state index is 12.8. The highest BCUT2D eigenvalue weighted by molar-refractivity contribution is 5.98. The molecule has 1 aliphatic heterocycles. The Morgan fingerprint density at radius 2 is 1.76 bits per heavy atom. The van der Waals surface area contributed by atoms with Gasteiger partial charge in [0.05, 0.1) is 6.42 Å². The zero-order chi connectivity index (χ0) is 20.6. The number of nitrogens with one attached hydrogen (secondary N) is 2. The van der Waals surface area contributed by atoms with E-state index >= 15 is 0 Å². The molecule has 3 rings (SSSR count). The first-order chi connectivity index (χ1) is 14.1. The van der Waals surface area contributed by atoms with E-state index < -0.39 is 6.04 Å². The predicted octanol–water partition coefficient (Wildman–Crippen LogP) is 2.44. The summed E-state index contributed by atoms with van der Waals surface area (Å²) in [5, 5.41) is 5.56. The van der Waals surface area contributed by atoms with Crippen LogP contribution in [-0.4, -0.2) is 48.9 Å². The third-order valence-corrected chi connectivity index (χ3v) is 4.76. The summed E-state index contributed by atoms with van der Waals surface area (Å²) >= 11 is 0. The Morgan fingerprint density at radius 1 is 1.03 bits per heavy atom. The topological polar surface area (TPSA) is 87.7 Å². The molecule has 0 saturated carbocycles. The van der Waals surface area contributed by atoms with Gasteiger partial charge in [-0.2, -0.15) is 0 Å². The molecule has 7 nitrogen and oxygen atoms in total. The Hall–Kier alpha value is -3.19. The summed E-state index contributed by atoms with van der Waals surface area (Å²) in [6, 6.07) is 15.9. The summed E-state index contributed by atoms with van der Waals surface area (Å²) in [6.45, 7) is 0.536. The summed E-state index contributed by atoms with van der Waals surface area (Å²) in [6.07, 6.45) is 1.72. The van der Waals surface area contributed by atoms with Gasteiger partial charge in [0.25, 0.3) is 0 Å². The van der Waals surface area contributed by atoms with Crippen molar-refractivity contribution in [2.24, 2.45) is 0 Å². The molecule has 2 N–H and O–H groups in total. The molecule has 2 aromatic rings. The number of methoxy groups -OCH3 is 1.